The molecule has 118 valence electrons. The summed E-state index contributed by atoms with van der Waals surface area (Å²) in [4.78, 5) is 7.23. The topological polar surface area (TPSA) is 35.0 Å². The lowest BCUT2D eigenvalue weighted by Gasteiger charge is -2.11. The van der Waals surface area contributed by atoms with Crippen LogP contribution in [-0.2, 0) is 6.18 Å². The zero-order valence-corrected chi connectivity index (χ0v) is 13.8. The molecule has 1 aromatic carbocycles. The maximum Gasteiger partial charge on any atom is 0.433 e. The molecule has 10 heteroatoms. The van der Waals surface area contributed by atoms with Gasteiger partial charge in [0.2, 0.25) is 5.88 Å². The number of nitrogens with zero attached hydrogens (tertiary/aromatic N) is 2. The van der Waals surface area contributed by atoms with Crippen LogP contribution in [-0.4, -0.2) is 16.2 Å². The third kappa shape index (κ3) is 4.10. The van der Waals surface area contributed by atoms with Crippen LogP contribution in [0.15, 0.2) is 23.4 Å². The van der Waals surface area contributed by atoms with Crippen LogP contribution in [0.3, 0.4) is 0 Å². The average Bonchev–Trinajstić information content (AvgIpc) is 2.43. The van der Waals surface area contributed by atoms with Crippen molar-refractivity contribution in [2.45, 2.75) is 11.3 Å². The van der Waals surface area contributed by atoms with Crippen molar-refractivity contribution in [3.8, 4) is 11.6 Å². The summed E-state index contributed by atoms with van der Waals surface area (Å²) in [6.07, 6.45) is -3.07. The number of alkyl halides is 3. The van der Waals surface area contributed by atoms with Crippen LogP contribution in [0.2, 0.25) is 15.1 Å². The Morgan fingerprint density at radius 3 is 2.23 bits per heavy atom. The molecular weight excluding hydrogens is 384 g/mol. The van der Waals surface area contributed by atoms with Crippen LogP contribution in [0, 0.1) is 0 Å². The monoisotopic (exact) mass is 388 g/mol. The third-order valence-electron chi connectivity index (χ3n) is 2.34. The molecular formula is C12H6Cl3F3N2OS. The van der Waals surface area contributed by atoms with E-state index in [1.807, 2.05) is 0 Å². The minimum absolute atomic E-state index is 0.0370. The number of aromatic nitrogens is 2. The molecule has 0 saturated carbocycles. The predicted octanol–water partition coefficient (Wildman–Crippen LogP) is 5.97. The molecule has 0 atom stereocenters. The van der Waals surface area contributed by atoms with E-state index in [9.17, 15) is 13.2 Å². The van der Waals surface area contributed by atoms with E-state index in [2.05, 4.69) is 9.97 Å². The van der Waals surface area contributed by atoms with Crippen molar-refractivity contribution in [2.75, 3.05) is 6.26 Å². The van der Waals surface area contributed by atoms with Crippen molar-refractivity contribution >= 4 is 46.6 Å². The SMILES string of the molecule is CSc1nc(Oc2cc(Cl)c(Cl)cc2Cl)cc(C(F)(F)F)n1. The smallest absolute Gasteiger partial charge is 0.433 e. The fourth-order valence-electron chi connectivity index (χ4n) is 1.39. The molecule has 22 heavy (non-hydrogen) atoms. The Morgan fingerprint density at radius 1 is 1.00 bits per heavy atom. The molecule has 0 unspecified atom stereocenters. The first kappa shape index (κ1) is 17.5. The summed E-state index contributed by atoms with van der Waals surface area (Å²) >= 11 is 18.5. The first-order chi connectivity index (χ1) is 10.2. The average molecular weight is 390 g/mol. The van der Waals surface area contributed by atoms with Crippen LogP contribution >= 0.6 is 46.6 Å². The van der Waals surface area contributed by atoms with Gasteiger partial charge in [-0.2, -0.15) is 18.2 Å². The summed E-state index contributed by atoms with van der Waals surface area (Å²) in [7, 11) is 0. The van der Waals surface area contributed by atoms with Crippen molar-refractivity contribution in [1.82, 2.24) is 9.97 Å². The number of rotatable bonds is 3. The molecule has 0 bridgehead atoms. The highest BCUT2D eigenvalue weighted by Crippen LogP contribution is 2.37. The highest BCUT2D eigenvalue weighted by molar-refractivity contribution is 7.98. The molecule has 0 radical (unpaired) electrons. The lowest BCUT2D eigenvalue weighted by atomic mass is 10.3. The molecule has 0 saturated heterocycles. The number of hydrogen-bond acceptors (Lipinski definition) is 4. The summed E-state index contributed by atoms with van der Waals surface area (Å²) in [5.41, 5.74) is -1.11. The van der Waals surface area contributed by atoms with E-state index in [-0.39, 0.29) is 31.9 Å². The van der Waals surface area contributed by atoms with E-state index in [1.165, 1.54) is 12.1 Å². The van der Waals surface area contributed by atoms with Gasteiger partial charge in [-0.15, -0.1) is 0 Å². The second-order valence-electron chi connectivity index (χ2n) is 3.87. The molecule has 1 heterocycles. The Balaban J connectivity index is 2.43. The lowest BCUT2D eigenvalue weighted by molar-refractivity contribution is -0.141. The van der Waals surface area contributed by atoms with Gasteiger partial charge in [-0.05, 0) is 12.3 Å². The fourth-order valence-corrected chi connectivity index (χ4v) is 2.33. The molecule has 1 aromatic heterocycles. The molecule has 0 spiro atoms. The predicted molar refractivity (Wildman–Crippen MR) is 80.4 cm³/mol. The maximum absolute atomic E-state index is 12.8. The van der Waals surface area contributed by atoms with Gasteiger partial charge in [0.25, 0.3) is 0 Å². The van der Waals surface area contributed by atoms with E-state index in [0.717, 1.165) is 11.8 Å². The molecule has 0 aliphatic carbocycles. The minimum atomic E-state index is -4.62. The summed E-state index contributed by atoms with van der Waals surface area (Å²) < 4.78 is 43.7. The molecule has 2 rings (SSSR count). The maximum atomic E-state index is 12.8. The molecule has 2 aromatic rings. The molecule has 0 N–H and O–H groups in total. The zero-order chi connectivity index (χ0) is 16.5. The summed E-state index contributed by atoms with van der Waals surface area (Å²) in [6, 6.07) is 3.29. The largest absolute Gasteiger partial charge is 0.437 e. The first-order valence-electron chi connectivity index (χ1n) is 5.53. The Bertz CT molecular complexity index is 713. The molecule has 0 aliphatic rings. The number of thioether (sulfide) groups is 1. The Labute approximate surface area is 142 Å². The molecule has 0 fully saturated rings. The van der Waals surface area contributed by atoms with Crippen LogP contribution in [0.25, 0.3) is 0 Å². The van der Waals surface area contributed by atoms with Gasteiger partial charge in [-0.3, -0.25) is 0 Å². The normalized spacial score (nSPS) is 11.6. The molecule has 0 amide bonds. The number of benzene rings is 1. The van der Waals surface area contributed by atoms with Crippen LogP contribution < -0.4 is 4.74 Å². The Morgan fingerprint density at radius 2 is 1.64 bits per heavy atom. The zero-order valence-electron chi connectivity index (χ0n) is 10.7. The minimum Gasteiger partial charge on any atom is -0.437 e. The first-order valence-corrected chi connectivity index (χ1v) is 7.89. The van der Waals surface area contributed by atoms with Crippen molar-refractivity contribution in [1.29, 1.82) is 0 Å². The highest BCUT2D eigenvalue weighted by atomic mass is 35.5. The van der Waals surface area contributed by atoms with Gasteiger partial charge in [0.15, 0.2) is 10.9 Å². The van der Waals surface area contributed by atoms with Gasteiger partial charge >= 0.3 is 6.18 Å². The summed E-state index contributed by atoms with van der Waals surface area (Å²) in [6.45, 7) is 0. The van der Waals surface area contributed by atoms with E-state index in [1.54, 1.807) is 6.26 Å². The fraction of sp³-hybridized carbons (Fsp3) is 0.167. The number of hydrogen-bond donors (Lipinski definition) is 0. The Kier molecular flexibility index (Phi) is 5.32. The summed E-state index contributed by atoms with van der Waals surface area (Å²) in [5.74, 6) is -0.262. The van der Waals surface area contributed by atoms with Crippen molar-refractivity contribution in [2.24, 2.45) is 0 Å². The number of halogens is 6. The second kappa shape index (κ2) is 6.70. The summed E-state index contributed by atoms with van der Waals surface area (Å²) in [5, 5.41) is 0.354. The van der Waals surface area contributed by atoms with E-state index in [4.69, 9.17) is 39.5 Å². The van der Waals surface area contributed by atoms with E-state index < -0.39 is 11.9 Å². The lowest BCUT2D eigenvalue weighted by Crippen LogP contribution is -2.09. The second-order valence-corrected chi connectivity index (χ2v) is 5.87. The Hall–Kier alpha value is -0.890. The van der Waals surface area contributed by atoms with E-state index >= 15 is 0 Å². The third-order valence-corrected chi connectivity index (χ3v) is 3.91. The molecule has 0 aliphatic heterocycles. The molecule has 3 nitrogen and oxygen atoms in total. The van der Waals surface area contributed by atoms with Gasteiger partial charge in [-0.25, -0.2) is 4.98 Å². The van der Waals surface area contributed by atoms with E-state index in [0.29, 0.717) is 6.07 Å². The van der Waals surface area contributed by atoms with Gasteiger partial charge < -0.3 is 4.74 Å². The van der Waals surface area contributed by atoms with Crippen molar-refractivity contribution in [3.63, 3.8) is 0 Å². The van der Waals surface area contributed by atoms with Crippen molar-refractivity contribution < 1.29 is 17.9 Å². The van der Waals surface area contributed by atoms with Crippen LogP contribution in [0.1, 0.15) is 5.69 Å². The van der Waals surface area contributed by atoms with Gasteiger partial charge in [-0.1, -0.05) is 46.6 Å². The standard InChI is InChI=1S/C12H6Cl3F3N2OS/c1-22-11-19-9(12(16,17)18)4-10(20-11)21-8-3-6(14)5(13)2-7(8)15/h2-4H,1H3. The highest BCUT2D eigenvalue weighted by Gasteiger charge is 2.34. The van der Waals surface area contributed by atoms with Gasteiger partial charge in [0, 0.05) is 12.1 Å². The van der Waals surface area contributed by atoms with Gasteiger partial charge in [0.05, 0.1) is 15.1 Å². The number of ether oxygens (including phenoxy) is 1. The van der Waals surface area contributed by atoms with Crippen LogP contribution in [0.4, 0.5) is 13.2 Å². The van der Waals surface area contributed by atoms with Crippen LogP contribution in [0.5, 0.6) is 11.6 Å². The quantitative estimate of drug-likeness (QED) is 0.368. The van der Waals surface area contributed by atoms with Crippen molar-refractivity contribution in [3.05, 3.63) is 39.0 Å². The van der Waals surface area contributed by atoms with Gasteiger partial charge in [0.1, 0.15) is 5.75 Å².